The zero-order chi connectivity index (χ0) is 19.1. The number of hydrogen-bond acceptors (Lipinski definition) is 6. The molecule has 1 aromatic carbocycles. The Bertz CT molecular complexity index is 660. The van der Waals surface area contributed by atoms with E-state index in [9.17, 15) is 28.7 Å². The fourth-order valence-corrected chi connectivity index (χ4v) is 2.25. The normalized spacial score (nSPS) is 12.8. The van der Waals surface area contributed by atoms with Gasteiger partial charge in [-0.1, -0.05) is 19.1 Å². The maximum atomic E-state index is 13.7. The van der Waals surface area contributed by atoms with E-state index >= 15 is 0 Å². The molecule has 9 heteroatoms. The predicted octanol–water partition coefficient (Wildman–Crippen LogP) is 0.607. The van der Waals surface area contributed by atoms with Crippen LogP contribution in [0.15, 0.2) is 24.3 Å². The van der Waals surface area contributed by atoms with E-state index in [4.69, 9.17) is 0 Å². The number of nitrogens with one attached hydrogen (secondary N) is 1. The number of carboxylic acid groups (broad SMARTS) is 1. The summed E-state index contributed by atoms with van der Waals surface area (Å²) < 4.78 is 22.6. The van der Waals surface area contributed by atoms with Crippen molar-refractivity contribution in [1.29, 1.82) is 0 Å². The Morgan fingerprint density at radius 1 is 1.08 bits per heavy atom. The van der Waals surface area contributed by atoms with Gasteiger partial charge in [-0.05, 0) is 12.1 Å². The number of carbonyl (C=O) groups is 4. The van der Waals surface area contributed by atoms with Crippen molar-refractivity contribution < 1.29 is 38.1 Å². The molecule has 0 radical (unpaired) electrons. The molecule has 0 saturated carbocycles. The van der Waals surface area contributed by atoms with E-state index in [-0.39, 0.29) is 5.56 Å². The monoisotopic (exact) mass is 355 g/mol. The van der Waals surface area contributed by atoms with Gasteiger partial charge in [0.05, 0.1) is 19.8 Å². The average molecular weight is 355 g/mol. The van der Waals surface area contributed by atoms with Crippen LogP contribution in [0.3, 0.4) is 0 Å². The molecular weight excluding hydrogens is 337 g/mol. The number of methoxy groups -OCH3 is 2. The lowest BCUT2D eigenvalue weighted by Crippen LogP contribution is -2.50. The summed E-state index contributed by atoms with van der Waals surface area (Å²) in [5.41, 5.74) is -0.367. The molecule has 1 amide bonds. The Morgan fingerprint density at radius 3 is 2.04 bits per heavy atom. The fourth-order valence-electron chi connectivity index (χ4n) is 2.25. The summed E-state index contributed by atoms with van der Waals surface area (Å²) >= 11 is 0. The molecule has 0 saturated heterocycles. The molecule has 0 aromatic heterocycles. The Labute approximate surface area is 142 Å². The van der Waals surface area contributed by atoms with Crippen molar-refractivity contribution in [2.75, 3.05) is 14.2 Å². The van der Waals surface area contributed by atoms with E-state index < -0.39 is 47.5 Å². The number of benzene rings is 1. The molecule has 2 atom stereocenters. The number of ether oxygens (including phenoxy) is 2. The summed E-state index contributed by atoms with van der Waals surface area (Å²) in [7, 11) is 2.05. The predicted molar refractivity (Wildman–Crippen MR) is 82.0 cm³/mol. The third kappa shape index (κ3) is 4.75. The number of halogens is 1. The Kier molecular flexibility index (Phi) is 7.04. The molecule has 0 spiro atoms. The van der Waals surface area contributed by atoms with Crippen LogP contribution in [0.1, 0.15) is 17.3 Å². The highest BCUT2D eigenvalue weighted by Gasteiger charge is 2.42. The SMILES string of the molecule is COC(=O)C(C(=O)OC)[C@H](C)[C@@H](NC(=O)c1ccccc1F)C(=O)O. The van der Waals surface area contributed by atoms with Gasteiger partial charge < -0.3 is 19.9 Å². The minimum atomic E-state index is -1.66. The molecular formula is C16H18FNO7. The van der Waals surface area contributed by atoms with E-state index in [0.717, 1.165) is 20.3 Å². The number of rotatable bonds is 7. The van der Waals surface area contributed by atoms with Crippen molar-refractivity contribution in [2.24, 2.45) is 11.8 Å². The Hall–Kier alpha value is -2.97. The Balaban J connectivity index is 3.11. The number of carbonyl (C=O) groups excluding carboxylic acids is 3. The van der Waals surface area contributed by atoms with Gasteiger partial charge in [0.15, 0.2) is 5.92 Å². The summed E-state index contributed by atoms with van der Waals surface area (Å²) in [6.45, 7) is 1.26. The van der Waals surface area contributed by atoms with Gasteiger partial charge in [-0.2, -0.15) is 0 Å². The first-order valence-electron chi connectivity index (χ1n) is 7.18. The van der Waals surface area contributed by atoms with Crippen LogP contribution >= 0.6 is 0 Å². The standard InChI is InChI=1S/C16H18FNO7/c1-8(11(15(22)24-2)16(23)25-3)12(14(20)21)18-13(19)9-6-4-5-7-10(9)17/h4-8,11-12H,1-3H3,(H,18,19)(H,20,21)/t8-,12+/m0/s1. The minimum Gasteiger partial charge on any atom is -0.480 e. The van der Waals surface area contributed by atoms with Crippen LogP contribution in [0.4, 0.5) is 4.39 Å². The van der Waals surface area contributed by atoms with E-state index in [1.165, 1.54) is 25.1 Å². The van der Waals surface area contributed by atoms with Crippen LogP contribution in [0.25, 0.3) is 0 Å². The smallest absolute Gasteiger partial charge is 0.326 e. The summed E-state index contributed by atoms with van der Waals surface area (Å²) in [6.07, 6.45) is 0. The van der Waals surface area contributed by atoms with Gasteiger partial charge >= 0.3 is 17.9 Å². The van der Waals surface area contributed by atoms with Gasteiger partial charge in [-0.15, -0.1) is 0 Å². The van der Waals surface area contributed by atoms with E-state index in [1.807, 2.05) is 0 Å². The lowest BCUT2D eigenvalue weighted by atomic mass is 9.87. The van der Waals surface area contributed by atoms with Crippen molar-refractivity contribution in [3.05, 3.63) is 35.6 Å². The summed E-state index contributed by atoms with van der Waals surface area (Å²) in [5, 5.41) is 11.5. The molecule has 8 nitrogen and oxygen atoms in total. The molecule has 0 heterocycles. The lowest BCUT2D eigenvalue weighted by molar-refractivity contribution is -0.162. The van der Waals surface area contributed by atoms with E-state index in [2.05, 4.69) is 14.8 Å². The Morgan fingerprint density at radius 2 is 1.60 bits per heavy atom. The van der Waals surface area contributed by atoms with Gasteiger partial charge in [0.2, 0.25) is 0 Å². The molecule has 25 heavy (non-hydrogen) atoms. The summed E-state index contributed by atoms with van der Waals surface area (Å²) in [4.78, 5) is 47.2. The van der Waals surface area contributed by atoms with Gasteiger partial charge in [-0.25, -0.2) is 9.18 Å². The van der Waals surface area contributed by atoms with E-state index in [0.29, 0.717) is 0 Å². The number of esters is 2. The molecule has 1 rings (SSSR count). The molecule has 2 N–H and O–H groups in total. The maximum absolute atomic E-state index is 13.7. The zero-order valence-corrected chi connectivity index (χ0v) is 13.8. The first-order chi connectivity index (χ1) is 11.7. The van der Waals surface area contributed by atoms with Crippen molar-refractivity contribution >= 4 is 23.8 Å². The molecule has 136 valence electrons. The second-order valence-corrected chi connectivity index (χ2v) is 5.15. The third-order valence-corrected chi connectivity index (χ3v) is 3.63. The van der Waals surface area contributed by atoms with Gasteiger partial charge in [0.1, 0.15) is 11.9 Å². The second-order valence-electron chi connectivity index (χ2n) is 5.15. The summed E-state index contributed by atoms with van der Waals surface area (Å²) in [6, 6.07) is 3.33. The quantitative estimate of drug-likeness (QED) is 0.543. The maximum Gasteiger partial charge on any atom is 0.326 e. The topological polar surface area (TPSA) is 119 Å². The molecule has 0 bridgehead atoms. The van der Waals surface area contributed by atoms with Crippen LogP contribution in [-0.4, -0.2) is 49.2 Å². The highest BCUT2D eigenvalue weighted by molar-refractivity contribution is 5.98. The van der Waals surface area contributed by atoms with Crippen LogP contribution in [0.5, 0.6) is 0 Å². The molecule has 0 aliphatic rings. The number of amides is 1. The first-order valence-corrected chi connectivity index (χ1v) is 7.18. The first kappa shape index (κ1) is 20.1. The van der Waals surface area contributed by atoms with Crippen LogP contribution in [-0.2, 0) is 23.9 Å². The van der Waals surface area contributed by atoms with E-state index in [1.54, 1.807) is 0 Å². The minimum absolute atomic E-state index is 0.367. The fraction of sp³-hybridized carbons (Fsp3) is 0.375. The zero-order valence-electron chi connectivity index (χ0n) is 13.8. The molecule has 0 unspecified atom stereocenters. The molecule has 0 aliphatic heterocycles. The second kappa shape index (κ2) is 8.76. The van der Waals surface area contributed by atoms with Crippen molar-refractivity contribution in [1.82, 2.24) is 5.32 Å². The highest BCUT2D eigenvalue weighted by atomic mass is 19.1. The largest absolute Gasteiger partial charge is 0.480 e. The molecule has 1 aromatic rings. The molecule has 0 fully saturated rings. The third-order valence-electron chi connectivity index (χ3n) is 3.63. The number of carboxylic acids is 1. The van der Waals surface area contributed by atoms with Crippen molar-refractivity contribution in [3.8, 4) is 0 Å². The van der Waals surface area contributed by atoms with Crippen LogP contribution in [0.2, 0.25) is 0 Å². The highest BCUT2D eigenvalue weighted by Crippen LogP contribution is 2.20. The van der Waals surface area contributed by atoms with Gasteiger partial charge in [0.25, 0.3) is 5.91 Å². The lowest BCUT2D eigenvalue weighted by Gasteiger charge is -2.26. The van der Waals surface area contributed by atoms with Crippen molar-refractivity contribution in [2.45, 2.75) is 13.0 Å². The van der Waals surface area contributed by atoms with Crippen molar-refractivity contribution in [3.63, 3.8) is 0 Å². The summed E-state index contributed by atoms with van der Waals surface area (Å²) in [5.74, 6) is -8.14. The average Bonchev–Trinajstić information content (AvgIpc) is 2.58. The number of aliphatic carboxylic acids is 1. The van der Waals surface area contributed by atoms with Crippen LogP contribution in [0, 0.1) is 17.7 Å². The number of hydrogen-bond donors (Lipinski definition) is 2. The van der Waals surface area contributed by atoms with Crippen LogP contribution < -0.4 is 5.32 Å². The molecule has 0 aliphatic carbocycles. The van der Waals surface area contributed by atoms with Gasteiger partial charge in [0, 0.05) is 5.92 Å². The van der Waals surface area contributed by atoms with Gasteiger partial charge in [-0.3, -0.25) is 14.4 Å².